The van der Waals surface area contributed by atoms with Crippen LogP contribution in [0.4, 0.5) is 11.5 Å². The number of carbonyl (C=O) groups excluding carboxylic acids is 1. The maximum absolute atomic E-state index is 11.5. The molecule has 4 nitrogen and oxygen atoms in total. The fourth-order valence-corrected chi connectivity index (χ4v) is 1.53. The first kappa shape index (κ1) is 14.5. The molecule has 0 unspecified atom stereocenters. The van der Waals surface area contributed by atoms with Gasteiger partial charge in [0, 0.05) is 13.0 Å². The predicted molar refractivity (Wildman–Crippen MR) is 75.8 cm³/mol. The highest BCUT2D eigenvalue weighted by molar-refractivity contribution is 5.90. The van der Waals surface area contributed by atoms with Crippen LogP contribution >= 0.6 is 0 Å². The van der Waals surface area contributed by atoms with E-state index in [9.17, 15) is 4.79 Å². The first-order valence-corrected chi connectivity index (χ1v) is 6.76. The normalized spacial score (nSPS) is 10.1. The van der Waals surface area contributed by atoms with Crippen molar-refractivity contribution in [1.29, 1.82) is 0 Å². The van der Waals surface area contributed by atoms with E-state index < -0.39 is 0 Å². The quantitative estimate of drug-likeness (QED) is 0.694. The van der Waals surface area contributed by atoms with E-state index in [1.165, 1.54) is 6.42 Å². The molecular formula is C14H23N3O. The lowest BCUT2D eigenvalue weighted by Gasteiger charge is -2.07. The molecule has 0 aliphatic carbocycles. The Bertz CT molecular complexity index is 349. The Labute approximate surface area is 109 Å². The minimum absolute atomic E-state index is 0.0605. The van der Waals surface area contributed by atoms with E-state index in [2.05, 4.69) is 29.5 Å². The van der Waals surface area contributed by atoms with Crippen molar-refractivity contribution in [2.45, 2.75) is 46.0 Å². The van der Waals surface area contributed by atoms with Gasteiger partial charge < -0.3 is 10.6 Å². The topological polar surface area (TPSA) is 54.0 Å². The Balaban J connectivity index is 2.37. The Hall–Kier alpha value is -1.58. The molecule has 0 saturated heterocycles. The molecule has 0 saturated carbocycles. The molecule has 0 aromatic carbocycles. The predicted octanol–water partition coefficient (Wildman–Crippen LogP) is 3.42. The van der Waals surface area contributed by atoms with Gasteiger partial charge in [-0.25, -0.2) is 4.98 Å². The average molecular weight is 249 g/mol. The van der Waals surface area contributed by atoms with Crippen molar-refractivity contribution in [1.82, 2.24) is 4.98 Å². The van der Waals surface area contributed by atoms with E-state index in [1.807, 2.05) is 12.1 Å². The van der Waals surface area contributed by atoms with Gasteiger partial charge in [-0.3, -0.25) is 4.79 Å². The van der Waals surface area contributed by atoms with Gasteiger partial charge in [-0.15, -0.1) is 0 Å². The maximum Gasteiger partial charge on any atom is 0.224 e. The van der Waals surface area contributed by atoms with Crippen LogP contribution in [0.5, 0.6) is 0 Å². The summed E-state index contributed by atoms with van der Waals surface area (Å²) in [5.41, 5.74) is 0.761. The molecule has 1 heterocycles. The second-order valence-corrected chi connectivity index (χ2v) is 4.36. The van der Waals surface area contributed by atoms with Crippen molar-refractivity contribution in [3.8, 4) is 0 Å². The standard InChI is InChI=1S/C14H23N3O/c1-3-5-7-14(18)17-12-8-9-13(16-11-12)15-10-6-4-2/h8-9,11H,3-7,10H2,1-2H3,(H,15,16)(H,17,18). The van der Waals surface area contributed by atoms with Gasteiger partial charge in [0.1, 0.15) is 5.82 Å². The Morgan fingerprint density at radius 2 is 2.00 bits per heavy atom. The van der Waals surface area contributed by atoms with Gasteiger partial charge in [0.2, 0.25) is 5.91 Å². The van der Waals surface area contributed by atoms with Crippen molar-refractivity contribution in [3.05, 3.63) is 18.3 Å². The summed E-state index contributed by atoms with van der Waals surface area (Å²) in [5.74, 6) is 0.917. The first-order valence-electron chi connectivity index (χ1n) is 6.76. The van der Waals surface area contributed by atoms with Crippen LogP contribution in [0.2, 0.25) is 0 Å². The molecule has 0 radical (unpaired) electrons. The van der Waals surface area contributed by atoms with Crippen LogP contribution in [-0.2, 0) is 4.79 Å². The minimum atomic E-state index is 0.0605. The smallest absolute Gasteiger partial charge is 0.224 e. The fraction of sp³-hybridized carbons (Fsp3) is 0.571. The number of hydrogen-bond donors (Lipinski definition) is 2. The Morgan fingerprint density at radius 3 is 2.61 bits per heavy atom. The van der Waals surface area contributed by atoms with E-state index in [-0.39, 0.29) is 5.91 Å². The SMILES string of the molecule is CCCCNc1ccc(NC(=O)CCCC)cn1. The molecular weight excluding hydrogens is 226 g/mol. The number of anilines is 2. The van der Waals surface area contributed by atoms with Gasteiger partial charge in [0.05, 0.1) is 11.9 Å². The van der Waals surface area contributed by atoms with Crippen LogP contribution in [0.15, 0.2) is 18.3 Å². The Morgan fingerprint density at radius 1 is 1.22 bits per heavy atom. The van der Waals surface area contributed by atoms with Crippen molar-refractivity contribution >= 4 is 17.4 Å². The monoisotopic (exact) mass is 249 g/mol. The first-order chi connectivity index (χ1) is 8.76. The van der Waals surface area contributed by atoms with Crippen LogP contribution in [0.3, 0.4) is 0 Å². The summed E-state index contributed by atoms with van der Waals surface area (Å²) in [6.45, 7) is 5.17. The molecule has 1 rings (SSSR count). The van der Waals surface area contributed by atoms with E-state index in [4.69, 9.17) is 0 Å². The van der Waals surface area contributed by atoms with E-state index in [0.717, 1.165) is 37.3 Å². The number of carbonyl (C=O) groups is 1. The lowest BCUT2D eigenvalue weighted by Crippen LogP contribution is -2.11. The number of pyridine rings is 1. The lowest BCUT2D eigenvalue weighted by atomic mass is 10.2. The number of amides is 1. The molecule has 0 aliphatic heterocycles. The second-order valence-electron chi connectivity index (χ2n) is 4.36. The van der Waals surface area contributed by atoms with Crippen molar-refractivity contribution < 1.29 is 4.79 Å². The molecule has 0 spiro atoms. The van der Waals surface area contributed by atoms with Crippen LogP contribution in [0.1, 0.15) is 46.0 Å². The number of nitrogens with one attached hydrogen (secondary N) is 2. The van der Waals surface area contributed by atoms with Crippen LogP contribution in [0, 0.1) is 0 Å². The second kappa shape index (κ2) is 8.50. The van der Waals surface area contributed by atoms with Gasteiger partial charge >= 0.3 is 0 Å². The minimum Gasteiger partial charge on any atom is -0.370 e. The summed E-state index contributed by atoms with van der Waals surface area (Å²) in [5, 5.41) is 6.08. The van der Waals surface area contributed by atoms with Crippen LogP contribution < -0.4 is 10.6 Å². The summed E-state index contributed by atoms with van der Waals surface area (Å²) in [4.78, 5) is 15.8. The number of aromatic nitrogens is 1. The molecule has 0 fully saturated rings. The summed E-state index contributed by atoms with van der Waals surface area (Å²) < 4.78 is 0. The number of unbranched alkanes of at least 4 members (excludes halogenated alkanes) is 2. The molecule has 1 aromatic heterocycles. The molecule has 0 aliphatic rings. The molecule has 4 heteroatoms. The molecule has 1 aromatic rings. The van der Waals surface area contributed by atoms with Crippen molar-refractivity contribution in [2.75, 3.05) is 17.2 Å². The fourth-order valence-electron chi connectivity index (χ4n) is 1.53. The maximum atomic E-state index is 11.5. The number of nitrogens with zero attached hydrogens (tertiary/aromatic N) is 1. The van der Waals surface area contributed by atoms with E-state index in [1.54, 1.807) is 6.20 Å². The summed E-state index contributed by atoms with van der Waals surface area (Å²) in [6, 6.07) is 3.77. The third kappa shape index (κ3) is 5.66. The van der Waals surface area contributed by atoms with Gasteiger partial charge in [-0.05, 0) is 25.0 Å². The van der Waals surface area contributed by atoms with Crippen molar-refractivity contribution in [2.24, 2.45) is 0 Å². The highest BCUT2D eigenvalue weighted by atomic mass is 16.1. The summed E-state index contributed by atoms with van der Waals surface area (Å²) >= 11 is 0. The zero-order valence-electron chi connectivity index (χ0n) is 11.3. The summed E-state index contributed by atoms with van der Waals surface area (Å²) in [7, 11) is 0. The molecule has 0 atom stereocenters. The van der Waals surface area contributed by atoms with Crippen molar-refractivity contribution in [3.63, 3.8) is 0 Å². The van der Waals surface area contributed by atoms with Gasteiger partial charge in [-0.2, -0.15) is 0 Å². The third-order valence-corrected chi connectivity index (χ3v) is 2.64. The zero-order chi connectivity index (χ0) is 13.2. The molecule has 18 heavy (non-hydrogen) atoms. The summed E-state index contributed by atoms with van der Waals surface area (Å²) in [6.07, 6.45) is 6.53. The van der Waals surface area contributed by atoms with E-state index >= 15 is 0 Å². The highest BCUT2D eigenvalue weighted by Gasteiger charge is 2.01. The van der Waals surface area contributed by atoms with Crippen LogP contribution in [-0.4, -0.2) is 17.4 Å². The van der Waals surface area contributed by atoms with Gasteiger partial charge in [0.25, 0.3) is 0 Å². The molecule has 100 valence electrons. The van der Waals surface area contributed by atoms with E-state index in [0.29, 0.717) is 6.42 Å². The molecule has 2 N–H and O–H groups in total. The zero-order valence-corrected chi connectivity index (χ0v) is 11.3. The average Bonchev–Trinajstić information content (AvgIpc) is 2.39. The Kier molecular flexibility index (Phi) is 6.84. The largest absolute Gasteiger partial charge is 0.370 e. The van der Waals surface area contributed by atoms with Gasteiger partial charge in [0.15, 0.2) is 0 Å². The number of hydrogen-bond acceptors (Lipinski definition) is 3. The van der Waals surface area contributed by atoms with Gasteiger partial charge in [-0.1, -0.05) is 26.7 Å². The molecule has 0 bridgehead atoms. The number of rotatable bonds is 8. The van der Waals surface area contributed by atoms with Crippen LogP contribution in [0.25, 0.3) is 0 Å². The third-order valence-electron chi connectivity index (χ3n) is 2.64. The highest BCUT2D eigenvalue weighted by Crippen LogP contribution is 2.10. The molecule has 1 amide bonds. The lowest BCUT2D eigenvalue weighted by molar-refractivity contribution is -0.116.